The highest BCUT2D eigenvalue weighted by Crippen LogP contribution is 2.32. The third-order valence-electron chi connectivity index (χ3n) is 1.96. The topological polar surface area (TPSA) is 52.6 Å². The lowest BCUT2D eigenvalue weighted by Crippen LogP contribution is -1.99. The van der Waals surface area contributed by atoms with Crippen molar-refractivity contribution in [1.82, 2.24) is 0 Å². The number of benzene rings is 1. The number of rotatable bonds is 3. The molecule has 1 aliphatic heterocycles. The van der Waals surface area contributed by atoms with Gasteiger partial charge < -0.3 is 14.3 Å². The van der Waals surface area contributed by atoms with Crippen LogP contribution in [-0.2, 0) is 4.79 Å². The van der Waals surface area contributed by atoms with Crippen molar-refractivity contribution in [2.45, 2.75) is 6.42 Å². The normalized spacial score (nSPS) is 12.6. The number of carbonyl (C=O) groups is 2. The van der Waals surface area contributed by atoms with Crippen molar-refractivity contribution in [2.75, 3.05) is 6.79 Å². The summed E-state index contributed by atoms with van der Waals surface area (Å²) in [5.41, 5.74) is 0.473. The van der Waals surface area contributed by atoms with Gasteiger partial charge in [-0.15, -0.1) is 0 Å². The third kappa shape index (κ3) is 1.46. The number of carbonyl (C=O) groups excluding carboxylic acids is 2. The minimum absolute atomic E-state index is 0.0976. The first-order chi connectivity index (χ1) is 6.81. The standard InChI is InChI=1S/C10H8O4/c11-4-3-8(12)7-1-2-9-10(5-7)14-6-13-9/h1-2,4-5H,3,6H2. The molecule has 0 unspecified atom stereocenters. The zero-order valence-corrected chi connectivity index (χ0v) is 7.36. The predicted octanol–water partition coefficient (Wildman–Crippen LogP) is 1.19. The minimum Gasteiger partial charge on any atom is -0.454 e. The van der Waals surface area contributed by atoms with E-state index in [9.17, 15) is 9.59 Å². The fraction of sp³-hybridized carbons (Fsp3) is 0.200. The number of hydrogen-bond acceptors (Lipinski definition) is 4. The monoisotopic (exact) mass is 192 g/mol. The van der Waals surface area contributed by atoms with Gasteiger partial charge in [0.15, 0.2) is 17.3 Å². The average Bonchev–Trinajstić information content (AvgIpc) is 2.64. The van der Waals surface area contributed by atoms with Gasteiger partial charge in [0, 0.05) is 5.56 Å². The number of hydrogen-bond donors (Lipinski definition) is 0. The molecular weight excluding hydrogens is 184 g/mol. The average molecular weight is 192 g/mol. The van der Waals surface area contributed by atoms with Crippen LogP contribution in [0.25, 0.3) is 0 Å². The molecule has 1 aliphatic rings. The van der Waals surface area contributed by atoms with E-state index in [4.69, 9.17) is 9.47 Å². The van der Waals surface area contributed by atoms with Gasteiger partial charge >= 0.3 is 0 Å². The summed E-state index contributed by atoms with van der Waals surface area (Å²) in [5.74, 6) is 0.979. The van der Waals surface area contributed by atoms with Crippen LogP contribution < -0.4 is 9.47 Å². The van der Waals surface area contributed by atoms with Gasteiger partial charge in [0.25, 0.3) is 0 Å². The minimum atomic E-state index is -0.210. The lowest BCUT2D eigenvalue weighted by Gasteiger charge is -1.99. The summed E-state index contributed by atoms with van der Waals surface area (Å²) < 4.78 is 10.2. The molecule has 0 fully saturated rings. The van der Waals surface area contributed by atoms with Crippen molar-refractivity contribution in [1.29, 1.82) is 0 Å². The largest absolute Gasteiger partial charge is 0.454 e. The Balaban J connectivity index is 2.28. The number of ketones is 1. The Bertz CT molecular complexity index is 384. The van der Waals surface area contributed by atoms with E-state index >= 15 is 0 Å². The van der Waals surface area contributed by atoms with E-state index in [0.29, 0.717) is 23.3 Å². The Morgan fingerprint density at radius 2 is 2.14 bits per heavy atom. The van der Waals surface area contributed by atoms with Gasteiger partial charge in [-0.05, 0) is 18.2 Å². The first-order valence-electron chi connectivity index (χ1n) is 4.18. The highest BCUT2D eigenvalue weighted by atomic mass is 16.7. The summed E-state index contributed by atoms with van der Waals surface area (Å²) in [6.45, 7) is 0.181. The third-order valence-corrected chi connectivity index (χ3v) is 1.96. The summed E-state index contributed by atoms with van der Waals surface area (Å²) >= 11 is 0. The Morgan fingerprint density at radius 3 is 2.93 bits per heavy atom. The molecule has 0 radical (unpaired) electrons. The Morgan fingerprint density at radius 1 is 1.36 bits per heavy atom. The van der Waals surface area contributed by atoms with Gasteiger partial charge in [0.1, 0.15) is 6.29 Å². The molecule has 1 aromatic rings. The van der Waals surface area contributed by atoms with E-state index in [1.54, 1.807) is 18.2 Å². The van der Waals surface area contributed by atoms with Crippen LogP contribution in [0, 0.1) is 0 Å². The molecule has 0 bridgehead atoms. The number of ether oxygens (including phenoxy) is 2. The lowest BCUT2D eigenvalue weighted by molar-refractivity contribution is -0.107. The molecule has 0 spiro atoms. The second-order valence-electron chi connectivity index (χ2n) is 2.86. The van der Waals surface area contributed by atoms with Gasteiger partial charge in [-0.25, -0.2) is 0 Å². The molecule has 0 aromatic heterocycles. The molecule has 2 rings (SSSR count). The van der Waals surface area contributed by atoms with E-state index in [1.165, 1.54) is 0 Å². The maximum absolute atomic E-state index is 11.3. The lowest BCUT2D eigenvalue weighted by atomic mass is 10.1. The molecule has 0 amide bonds. The van der Waals surface area contributed by atoms with Crippen LogP contribution in [0.3, 0.4) is 0 Å². The van der Waals surface area contributed by atoms with Crippen molar-refractivity contribution in [3.8, 4) is 11.5 Å². The Kier molecular flexibility index (Phi) is 2.18. The first kappa shape index (κ1) is 8.74. The summed E-state index contributed by atoms with van der Waals surface area (Å²) in [6.07, 6.45) is 0.493. The van der Waals surface area contributed by atoms with Crippen LogP contribution in [0.1, 0.15) is 16.8 Å². The molecule has 0 saturated heterocycles. The molecule has 0 atom stereocenters. The van der Waals surface area contributed by atoms with Crippen molar-refractivity contribution in [2.24, 2.45) is 0 Å². The van der Waals surface area contributed by atoms with Gasteiger partial charge in [-0.3, -0.25) is 4.79 Å². The van der Waals surface area contributed by atoms with Crippen LogP contribution in [0.15, 0.2) is 18.2 Å². The Hall–Kier alpha value is -1.84. The van der Waals surface area contributed by atoms with Crippen molar-refractivity contribution in [3.63, 3.8) is 0 Å². The Labute approximate surface area is 80.4 Å². The van der Waals surface area contributed by atoms with Crippen LogP contribution in [0.2, 0.25) is 0 Å². The smallest absolute Gasteiger partial charge is 0.231 e. The number of Topliss-reactive ketones (excluding diaryl/α,β-unsaturated/α-hetero) is 1. The van der Waals surface area contributed by atoms with Crippen LogP contribution in [-0.4, -0.2) is 18.9 Å². The maximum atomic E-state index is 11.3. The fourth-order valence-electron chi connectivity index (χ4n) is 1.26. The van der Waals surface area contributed by atoms with Gasteiger partial charge in [0.05, 0.1) is 6.42 Å². The molecule has 4 nitrogen and oxygen atoms in total. The van der Waals surface area contributed by atoms with Gasteiger partial charge in [0.2, 0.25) is 6.79 Å². The second-order valence-corrected chi connectivity index (χ2v) is 2.86. The summed E-state index contributed by atoms with van der Waals surface area (Å²) in [7, 11) is 0. The van der Waals surface area contributed by atoms with Crippen LogP contribution >= 0.6 is 0 Å². The van der Waals surface area contributed by atoms with Crippen molar-refractivity contribution < 1.29 is 19.1 Å². The summed E-state index contributed by atoms with van der Waals surface area (Å²) in [6, 6.07) is 4.88. The van der Waals surface area contributed by atoms with E-state index in [1.807, 2.05) is 0 Å². The van der Waals surface area contributed by atoms with Gasteiger partial charge in [-0.1, -0.05) is 0 Å². The summed E-state index contributed by atoms with van der Waals surface area (Å²) in [5, 5.41) is 0. The van der Waals surface area contributed by atoms with Crippen molar-refractivity contribution >= 4 is 12.1 Å². The highest BCUT2D eigenvalue weighted by molar-refractivity contribution is 6.03. The zero-order valence-electron chi connectivity index (χ0n) is 7.36. The molecule has 1 heterocycles. The predicted molar refractivity (Wildman–Crippen MR) is 47.6 cm³/mol. The van der Waals surface area contributed by atoms with Crippen LogP contribution in [0.5, 0.6) is 11.5 Å². The molecule has 0 aliphatic carbocycles. The summed E-state index contributed by atoms with van der Waals surface area (Å²) in [4.78, 5) is 21.5. The maximum Gasteiger partial charge on any atom is 0.231 e. The molecule has 1 aromatic carbocycles. The van der Waals surface area contributed by atoms with E-state index < -0.39 is 0 Å². The zero-order chi connectivity index (χ0) is 9.97. The first-order valence-corrected chi connectivity index (χ1v) is 4.18. The molecule has 0 N–H and O–H groups in total. The van der Waals surface area contributed by atoms with Crippen LogP contribution in [0.4, 0.5) is 0 Å². The molecule has 0 saturated carbocycles. The van der Waals surface area contributed by atoms with Crippen molar-refractivity contribution in [3.05, 3.63) is 23.8 Å². The molecule has 4 heteroatoms. The van der Waals surface area contributed by atoms with Gasteiger partial charge in [-0.2, -0.15) is 0 Å². The van der Waals surface area contributed by atoms with E-state index in [2.05, 4.69) is 0 Å². The molecular formula is C10H8O4. The molecule has 72 valence electrons. The molecule has 14 heavy (non-hydrogen) atoms. The number of fused-ring (bicyclic) bond motifs is 1. The number of aldehydes is 1. The second kappa shape index (κ2) is 3.49. The van der Waals surface area contributed by atoms with E-state index in [-0.39, 0.29) is 19.0 Å². The fourth-order valence-corrected chi connectivity index (χ4v) is 1.26. The SMILES string of the molecule is O=CCC(=O)c1ccc2c(c1)OCO2. The van der Waals surface area contributed by atoms with E-state index in [0.717, 1.165) is 0 Å². The highest BCUT2D eigenvalue weighted by Gasteiger charge is 2.15. The quantitative estimate of drug-likeness (QED) is 0.410.